The lowest BCUT2D eigenvalue weighted by Gasteiger charge is -2.14. The van der Waals surface area contributed by atoms with Crippen molar-refractivity contribution in [3.63, 3.8) is 0 Å². The summed E-state index contributed by atoms with van der Waals surface area (Å²) in [5.41, 5.74) is -1.04. The molecule has 0 atom stereocenters. The molecule has 0 saturated carbocycles. The topological polar surface area (TPSA) is 71.1 Å². The van der Waals surface area contributed by atoms with Crippen LogP contribution in [0.5, 0.6) is 0 Å². The third kappa shape index (κ3) is 4.69. The molecule has 0 aliphatic rings. The monoisotopic (exact) mass is 357 g/mol. The van der Waals surface area contributed by atoms with Gasteiger partial charge >= 0.3 is 18.0 Å². The van der Waals surface area contributed by atoms with E-state index in [0.29, 0.717) is 11.6 Å². The Bertz CT molecular complexity index is 751. The molecule has 2 N–H and O–H groups in total. The van der Waals surface area contributed by atoms with Crippen molar-refractivity contribution in [2.24, 2.45) is 0 Å². The van der Waals surface area contributed by atoms with Crippen molar-refractivity contribution < 1.29 is 22.8 Å². The number of nitrogens with zero attached hydrogens (tertiary/aromatic N) is 1. The molecule has 0 spiro atoms. The molecule has 0 bridgehead atoms. The molecule has 0 saturated heterocycles. The molecule has 0 fully saturated rings. The number of aromatic nitrogens is 1. The van der Waals surface area contributed by atoms with Gasteiger partial charge in [-0.3, -0.25) is 14.6 Å². The summed E-state index contributed by atoms with van der Waals surface area (Å²) < 4.78 is 38.8. The van der Waals surface area contributed by atoms with E-state index in [4.69, 9.17) is 11.6 Å². The number of rotatable bonds is 3. The summed E-state index contributed by atoms with van der Waals surface area (Å²) in [7, 11) is 0. The second-order valence-electron chi connectivity index (χ2n) is 4.69. The van der Waals surface area contributed by atoms with Gasteiger partial charge in [0.05, 0.1) is 11.3 Å². The number of nitrogens with one attached hydrogen (secondary N) is 2. The Morgan fingerprint density at radius 3 is 2.54 bits per heavy atom. The number of carbonyl (C=O) groups is 2. The Kier molecular flexibility index (Phi) is 5.40. The van der Waals surface area contributed by atoms with E-state index in [1.165, 1.54) is 18.5 Å². The summed E-state index contributed by atoms with van der Waals surface area (Å²) in [6, 6.07) is 6.15. The molecular formula is C15H11ClF3N3O2. The normalized spacial score (nSPS) is 11.0. The van der Waals surface area contributed by atoms with Crippen molar-refractivity contribution in [1.82, 2.24) is 10.3 Å². The van der Waals surface area contributed by atoms with Gasteiger partial charge in [0, 0.05) is 24.0 Å². The fourth-order valence-electron chi connectivity index (χ4n) is 1.80. The fourth-order valence-corrected chi connectivity index (χ4v) is 1.98. The summed E-state index contributed by atoms with van der Waals surface area (Å²) in [6.45, 7) is 0.0207. The lowest BCUT2D eigenvalue weighted by molar-refractivity contribution is -0.138. The van der Waals surface area contributed by atoms with Gasteiger partial charge in [0.15, 0.2) is 0 Å². The number of carbonyl (C=O) groups excluding carboxylic acids is 2. The van der Waals surface area contributed by atoms with Crippen LogP contribution in [0.1, 0.15) is 11.1 Å². The van der Waals surface area contributed by atoms with E-state index in [0.717, 1.165) is 6.07 Å². The second kappa shape index (κ2) is 7.31. The van der Waals surface area contributed by atoms with Crippen LogP contribution in [0.2, 0.25) is 5.02 Å². The van der Waals surface area contributed by atoms with Crippen molar-refractivity contribution in [2.75, 3.05) is 5.32 Å². The highest BCUT2D eigenvalue weighted by Gasteiger charge is 2.34. The number of amides is 2. The maximum absolute atomic E-state index is 12.9. The first-order chi connectivity index (χ1) is 11.3. The number of anilines is 1. The van der Waals surface area contributed by atoms with Gasteiger partial charge in [-0.25, -0.2) is 0 Å². The van der Waals surface area contributed by atoms with Gasteiger partial charge in [-0.15, -0.1) is 0 Å². The van der Waals surface area contributed by atoms with E-state index in [1.807, 2.05) is 5.32 Å². The molecular weight excluding hydrogens is 347 g/mol. The largest absolute Gasteiger partial charge is 0.418 e. The Hall–Kier alpha value is -2.61. The molecule has 1 aromatic heterocycles. The zero-order chi connectivity index (χ0) is 17.7. The van der Waals surface area contributed by atoms with Crippen LogP contribution in [0.15, 0.2) is 42.7 Å². The van der Waals surface area contributed by atoms with Crippen molar-refractivity contribution in [1.29, 1.82) is 0 Å². The molecule has 2 aromatic rings. The molecule has 126 valence electrons. The third-order valence-corrected chi connectivity index (χ3v) is 3.15. The first-order valence-corrected chi connectivity index (χ1v) is 7.00. The molecule has 0 unspecified atom stereocenters. The summed E-state index contributed by atoms with van der Waals surface area (Å²) in [4.78, 5) is 27.3. The molecule has 0 radical (unpaired) electrons. The van der Waals surface area contributed by atoms with Crippen LogP contribution < -0.4 is 10.6 Å². The third-order valence-electron chi connectivity index (χ3n) is 2.92. The zero-order valence-corrected chi connectivity index (χ0v) is 12.8. The standard InChI is InChI=1S/C15H11ClF3N3O2/c16-10-3-4-12(11(6-10)15(17,18)19)22-14(24)13(23)21-8-9-2-1-5-20-7-9/h1-7H,8H2,(H,21,23)(H,22,24). The van der Waals surface area contributed by atoms with Gasteiger partial charge in [-0.2, -0.15) is 13.2 Å². The zero-order valence-electron chi connectivity index (χ0n) is 12.0. The fraction of sp³-hybridized carbons (Fsp3) is 0.133. The quantitative estimate of drug-likeness (QED) is 0.829. The van der Waals surface area contributed by atoms with Crippen LogP contribution in [0.3, 0.4) is 0 Å². The Morgan fingerprint density at radius 2 is 1.92 bits per heavy atom. The van der Waals surface area contributed by atoms with E-state index in [2.05, 4.69) is 10.3 Å². The minimum Gasteiger partial charge on any atom is -0.344 e. The first-order valence-electron chi connectivity index (χ1n) is 6.62. The van der Waals surface area contributed by atoms with Crippen LogP contribution in [-0.4, -0.2) is 16.8 Å². The summed E-state index contributed by atoms with van der Waals surface area (Å²) in [6.07, 6.45) is -1.70. The molecule has 9 heteroatoms. The Labute approximate surface area is 139 Å². The van der Waals surface area contributed by atoms with Crippen LogP contribution in [0.25, 0.3) is 0 Å². The Balaban J connectivity index is 2.05. The molecule has 2 amide bonds. The molecule has 0 aliphatic heterocycles. The van der Waals surface area contributed by atoms with E-state index in [-0.39, 0.29) is 11.6 Å². The lowest BCUT2D eigenvalue weighted by Crippen LogP contribution is -2.35. The van der Waals surface area contributed by atoms with Crippen molar-refractivity contribution in [3.8, 4) is 0 Å². The van der Waals surface area contributed by atoms with Crippen LogP contribution in [0.4, 0.5) is 18.9 Å². The highest BCUT2D eigenvalue weighted by Crippen LogP contribution is 2.36. The maximum Gasteiger partial charge on any atom is 0.418 e. The van der Waals surface area contributed by atoms with Gasteiger partial charge in [0.25, 0.3) is 0 Å². The van der Waals surface area contributed by atoms with Crippen LogP contribution >= 0.6 is 11.6 Å². The molecule has 0 aliphatic carbocycles. The minimum atomic E-state index is -4.72. The van der Waals surface area contributed by atoms with Gasteiger partial charge in [0.1, 0.15) is 0 Å². The average molecular weight is 358 g/mol. The highest BCUT2D eigenvalue weighted by atomic mass is 35.5. The first kappa shape index (κ1) is 17.7. The summed E-state index contributed by atoms with van der Waals surface area (Å²) in [5, 5.41) is 4.09. The second-order valence-corrected chi connectivity index (χ2v) is 5.12. The van der Waals surface area contributed by atoms with Gasteiger partial charge < -0.3 is 10.6 Å². The number of benzene rings is 1. The van der Waals surface area contributed by atoms with E-state index < -0.39 is 29.2 Å². The Morgan fingerprint density at radius 1 is 1.17 bits per heavy atom. The van der Waals surface area contributed by atoms with Crippen LogP contribution in [0, 0.1) is 0 Å². The number of alkyl halides is 3. The number of hydrogen-bond acceptors (Lipinski definition) is 3. The summed E-state index contributed by atoms with van der Waals surface area (Å²) in [5.74, 6) is -2.28. The minimum absolute atomic E-state index is 0.0207. The molecule has 5 nitrogen and oxygen atoms in total. The number of hydrogen-bond donors (Lipinski definition) is 2. The summed E-state index contributed by atoms with van der Waals surface area (Å²) >= 11 is 5.54. The predicted octanol–water partition coefficient (Wildman–Crippen LogP) is 3.01. The van der Waals surface area contributed by atoms with E-state index >= 15 is 0 Å². The van der Waals surface area contributed by atoms with Gasteiger partial charge in [0.2, 0.25) is 0 Å². The van der Waals surface area contributed by atoms with E-state index in [1.54, 1.807) is 12.1 Å². The maximum atomic E-state index is 12.9. The average Bonchev–Trinajstić information content (AvgIpc) is 2.54. The molecule has 2 rings (SSSR count). The highest BCUT2D eigenvalue weighted by molar-refractivity contribution is 6.39. The van der Waals surface area contributed by atoms with Crippen LogP contribution in [-0.2, 0) is 22.3 Å². The molecule has 1 heterocycles. The van der Waals surface area contributed by atoms with Crippen molar-refractivity contribution in [3.05, 3.63) is 58.9 Å². The lowest BCUT2D eigenvalue weighted by atomic mass is 10.1. The van der Waals surface area contributed by atoms with Crippen molar-refractivity contribution >= 4 is 29.1 Å². The van der Waals surface area contributed by atoms with E-state index in [9.17, 15) is 22.8 Å². The van der Waals surface area contributed by atoms with Crippen molar-refractivity contribution in [2.45, 2.75) is 12.7 Å². The number of halogens is 4. The van der Waals surface area contributed by atoms with Gasteiger partial charge in [-0.05, 0) is 29.8 Å². The number of pyridine rings is 1. The van der Waals surface area contributed by atoms with Gasteiger partial charge in [-0.1, -0.05) is 17.7 Å². The molecule has 1 aromatic carbocycles. The SMILES string of the molecule is O=C(NCc1cccnc1)C(=O)Nc1ccc(Cl)cc1C(F)(F)F. The molecule has 24 heavy (non-hydrogen) atoms. The predicted molar refractivity (Wildman–Crippen MR) is 81.2 cm³/mol. The smallest absolute Gasteiger partial charge is 0.344 e.